The van der Waals surface area contributed by atoms with E-state index in [0.717, 1.165) is 12.8 Å². The summed E-state index contributed by atoms with van der Waals surface area (Å²) in [4.78, 5) is 22.4. The highest BCUT2D eigenvalue weighted by atomic mass is 35.5. The molecule has 122 valence electrons. The van der Waals surface area contributed by atoms with Crippen molar-refractivity contribution in [1.29, 1.82) is 0 Å². The molecule has 1 aromatic rings. The van der Waals surface area contributed by atoms with Gasteiger partial charge in [0, 0.05) is 12.6 Å². The summed E-state index contributed by atoms with van der Waals surface area (Å²) in [6.45, 7) is 2.30. The standard InChI is InChI=1S/C14H20N4O3.ClH/c1-14(9-15,10-6-7-10)17-13(19)8-16-11-4-2-3-5-12(11)18(20)21;/h2-5,10,16H,6-9,15H2,1H3,(H,17,19);1H. The van der Waals surface area contributed by atoms with Gasteiger partial charge in [-0.15, -0.1) is 12.4 Å². The highest BCUT2D eigenvalue weighted by Gasteiger charge is 2.41. The summed E-state index contributed by atoms with van der Waals surface area (Å²) in [7, 11) is 0. The lowest BCUT2D eigenvalue weighted by molar-refractivity contribution is -0.383. The molecule has 0 saturated heterocycles. The molecule has 0 aliphatic heterocycles. The number of para-hydroxylation sites is 2. The van der Waals surface area contributed by atoms with Crippen LogP contribution in [0.15, 0.2) is 24.3 Å². The van der Waals surface area contributed by atoms with E-state index in [1.807, 2.05) is 6.92 Å². The van der Waals surface area contributed by atoms with Crippen molar-refractivity contribution in [3.8, 4) is 0 Å². The van der Waals surface area contributed by atoms with Gasteiger partial charge in [0.25, 0.3) is 5.69 Å². The number of nitro benzene ring substituents is 1. The van der Waals surface area contributed by atoms with Crippen LogP contribution in [0.4, 0.5) is 11.4 Å². The number of halogens is 1. The van der Waals surface area contributed by atoms with Gasteiger partial charge in [0.05, 0.1) is 17.0 Å². The van der Waals surface area contributed by atoms with Gasteiger partial charge in [0.15, 0.2) is 0 Å². The van der Waals surface area contributed by atoms with Gasteiger partial charge in [-0.3, -0.25) is 14.9 Å². The largest absolute Gasteiger partial charge is 0.371 e. The van der Waals surface area contributed by atoms with Crippen LogP contribution in [-0.4, -0.2) is 29.5 Å². The van der Waals surface area contributed by atoms with Crippen molar-refractivity contribution in [2.75, 3.05) is 18.4 Å². The van der Waals surface area contributed by atoms with Crippen molar-refractivity contribution in [2.45, 2.75) is 25.3 Å². The van der Waals surface area contributed by atoms with Crippen LogP contribution >= 0.6 is 12.4 Å². The molecule has 0 heterocycles. The van der Waals surface area contributed by atoms with E-state index in [0.29, 0.717) is 18.2 Å². The molecule has 22 heavy (non-hydrogen) atoms. The minimum Gasteiger partial charge on any atom is -0.371 e. The van der Waals surface area contributed by atoms with E-state index >= 15 is 0 Å². The molecule has 0 radical (unpaired) electrons. The number of nitro groups is 1. The molecular formula is C14H21ClN4O3. The fourth-order valence-electron chi connectivity index (χ4n) is 2.36. The molecule has 4 N–H and O–H groups in total. The molecule has 2 rings (SSSR count). The minimum atomic E-state index is -0.478. The van der Waals surface area contributed by atoms with Crippen LogP contribution in [0, 0.1) is 16.0 Å². The van der Waals surface area contributed by atoms with Crippen LogP contribution in [0.1, 0.15) is 19.8 Å². The monoisotopic (exact) mass is 328 g/mol. The summed E-state index contributed by atoms with van der Waals surface area (Å²) in [6.07, 6.45) is 2.15. The van der Waals surface area contributed by atoms with E-state index in [1.165, 1.54) is 6.07 Å². The number of hydrogen-bond donors (Lipinski definition) is 3. The Hall–Kier alpha value is -1.86. The van der Waals surface area contributed by atoms with Crippen molar-refractivity contribution in [1.82, 2.24) is 5.32 Å². The third kappa shape index (κ3) is 4.32. The average molecular weight is 329 g/mol. The van der Waals surface area contributed by atoms with E-state index in [9.17, 15) is 14.9 Å². The Labute approximate surface area is 135 Å². The van der Waals surface area contributed by atoms with Crippen LogP contribution in [0.25, 0.3) is 0 Å². The number of hydrogen-bond acceptors (Lipinski definition) is 5. The fraction of sp³-hybridized carbons (Fsp3) is 0.500. The summed E-state index contributed by atoms with van der Waals surface area (Å²) in [5, 5.41) is 16.6. The molecule has 0 bridgehead atoms. The molecule has 1 aromatic carbocycles. The maximum atomic E-state index is 12.0. The van der Waals surface area contributed by atoms with Gasteiger partial charge in [-0.2, -0.15) is 0 Å². The first-order valence-electron chi connectivity index (χ1n) is 6.94. The van der Waals surface area contributed by atoms with Gasteiger partial charge in [0.1, 0.15) is 5.69 Å². The molecule has 1 aliphatic carbocycles. The molecule has 1 saturated carbocycles. The van der Waals surface area contributed by atoms with E-state index in [-0.39, 0.29) is 36.1 Å². The molecule has 1 aliphatic rings. The molecule has 1 fully saturated rings. The number of nitrogens with one attached hydrogen (secondary N) is 2. The van der Waals surface area contributed by atoms with Gasteiger partial charge < -0.3 is 16.4 Å². The van der Waals surface area contributed by atoms with Crippen LogP contribution < -0.4 is 16.4 Å². The van der Waals surface area contributed by atoms with Crippen molar-refractivity contribution in [3.63, 3.8) is 0 Å². The second-order valence-corrected chi connectivity index (χ2v) is 5.57. The van der Waals surface area contributed by atoms with Gasteiger partial charge in [-0.1, -0.05) is 12.1 Å². The summed E-state index contributed by atoms with van der Waals surface area (Å²) < 4.78 is 0. The highest BCUT2D eigenvalue weighted by Crippen LogP contribution is 2.38. The van der Waals surface area contributed by atoms with E-state index in [2.05, 4.69) is 10.6 Å². The summed E-state index contributed by atoms with van der Waals surface area (Å²) in [6, 6.07) is 6.24. The predicted octanol–water partition coefficient (Wildman–Crippen LogP) is 1.67. The lowest BCUT2D eigenvalue weighted by Crippen LogP contribution is -2.54. The Balaban J connectivity index is 0.00000242. The molecule has 1 amide bonds. The van der Waals surface area contributed by atoms with E-state index in [4.69, 9.17) is 5.73 Å². The van der Waals surface area contributed by atoms with Crippen molar-refractivity contribution < 1.29 is 9.72 Å². The first-order chi connectivity index (χ1) is 9.96. The second-order valence-electron chi connectivity index (χ2n) is 5.57. The van der Waals surface area contributed by atoms with Crippen LogP contribution in [-0.2, 0) is 4.79 Å². The van der Waals surface area contributed by atoms with Gasteiger partial charge in [0.2, 0.25) is 5.91 Å². The fourth-order valence-corrected chi connectivity index (χ4v) is 2.36. The third-order valence-electron chi connectivity index (χ3n) is 3.87. The Morgan fingerprint density at radius 3 is 2.64 bits per heavy atom. The quantitative estimate of drug-likeness (QED) is 0.521. The summed E-state index contributed by atoms with van der Waals surface area (Å²) in [5.41, 5.74) is 5.64. The van der Waals surface area contributed by atoms with Crippen molar-refractivity contribution in [2.24, 2.45) is 11.7 Å². The lowest BCUT2D eigenvalue weighted by Gasteiger charge is -2.29. The van der Waals surface area contributed by atoms with Crippen LogP contribution in [0.2, 0.25) is 0 Å². The first-order valence-corrected chi connectivity index (χ1v) is 6.94. The smallest absolute Gasteiger partial charge is 0.292 e. The molecular weight excluding hydrogens is 308 g/mol. The Bertz CT molecular complexity index is 551. The van der Waals surface area contributed by atoms with Crippen LogP contribution in [0.3, 0.4) is 0 Å². The minimum absolute atomic E-state index is 0. The molecule has 1 atom stereocenters. The number of nitrogens with zero attached hydrogens (tertiary/aromatic N) is 1. The third-order valence-corrected chi connectivity index (χ3v) is 3.87. The zero-order chi connectivity index (χ0) is 15.5. The molecule has 0 aromatic heterocycles. The normalized spacial score (nSPS) is 16.1. The zero-order valence-corrected chi connectivity index (χ0v) is 13.2. The molecule has 1 unspecified atom stereocenters. The zero-order valence-electron chi connectivity index (χ0n) is 12.4. The Kier molecular flexibility index (Phi) is 6.13. The maximum Gasteiger partial charge on any atom is 0.292 e. The predicted molar refractivity (Wildman–Crippen MR) is 87.2 cm³/mol. The molecule has 0 spiro atoms. The molecule has 8 heteroatoms. The first kappa shape index (κ1) is 18.2. The second kappa shape index (κ2) is 7.42. The number of amides is 1. The van der Waals surface area contributed by atoms with Gasteiger partial charge in [-0.25, -0.2) is 0 Å². The van der Waals surface area contributed by atoms with Gasteiger partial charge in [-0.05, 0) is 31.7 Å². The van der Waals surface area contributed by atoms with Crippen molar-refractivity contribution >= 4 is 29.7 Å². The number of carbonyl (C=O) groups is 1. The number of benzene rings is 1. The van der Waals surface area contributed by atoms with Gasteiger partial charge >= 0.3 is 0 Å². The van der Waals surface area contributed by atoms with E-state index < -0.39 is 4.92 Å². The number of rotatable bonds is 7. The molecule has 7 nitrogen and oxygen atoms in total. The summed E-state index contributed by atoms with van der Waals surface area (Å²) >= 11 is 0. The average Bonchev–Trinajstić information content (AvgIpc) is 3.30. The number of nitrogens with two attached hydrogens (primary N) is 1. The lowest BCUT2D eigenvalue weighted by atomic mass is 9.96. The number of carbonyl (C=O) groups excluding carboxylic acids is 1. The van der Waals surface area contributed by atoms with E-state index in [1.54, 1.807) is 18.2 Å². The number of anilines is 1. The SMILES string of the molecule is CC(CN)(NC(=O)CNc1ccccc1[N+](=O)[O-])C1CC1.Cl. The highest BCUT2D eigenvalue weighted by molar-refractivity contribution is 5.85. The van der Waals surface area contributed by atoms with Crippen LogP contribution in [0.5, 0.6) is 0 Å². The Morgan fingerprint density at radius 1 is 1.45 bits per heavy atom. The van der Waals surface area contributed by atoms with Crippen molar-refractivity contribution in [3.05, 3.63) is 34.4 Å². The maximum absolute atomic E-state index is 12.0. The summed E-state index contributed by atoms with van der Waals surface area (Å²) in [5.74, 6) is 0.213. The topological polar surface area (TPSA) is 110 Å². The Morgan fingerprint density at radius 2 is 2.09 bits per heavy atom.